The third-order valence-corrected chi connectivity index (χ3v) is 5.72. The number of hydrogen-bond acceptors (Lipinski definition) is 4. The summed E-state index contributed by atoms with van der Waals surface area (Å²) in [5.41, 5.74) is 16.0. The van der Waals surface area contributed by atoms with Gasteiger partial charge in [-0.25, -0.2) is 14.2 Å². The van der Waals surface area contributed by atoms with Crippen LogP contribution in [0.5, 0.6) is 0 Å². The fraction of sp³-hybridized carbons (Fsp3) is 0.350. The van der Waals surface area contributed by atoms with Gasteiger partial charge in [-0.3, -0.25) is 4.79 Å². The number of anilines is 1. The number of aryl methyl sites for hydroxylation is 1. The van der Waals surface area contributed by atoms with Gasteiger partial charge in [0.25, 0.3) is 0 Å². The molecule has 7 heteroatoms. The molecular weight excluding hydrogens is 350 g/mol. The van der Waals surface area contributed by atoms with Crippen LogP contribution in [0.3, 0.4) is 0 Å². The second kappa shape index (κ2) is 6.28. The van der Waals surface area contributed by atoms with Crippen LogP contribution in [0.15, 0.2) is 24.3 Å². The predicted octanol–water partition coefficient (Wildman–Crippen LogP) is 2.47. The first-order valence-corrected chi connectivity index (χ1v) is 8.95. The first-order valence-electron chi connectivity index (χ1n) is 8.95. The number of nitrogens with one attached hydrogen (secondary N) is 3. The molecule has 0 aromatic heterocycles. The monoisotopic (exact) mass is 372 g/mol. The van der Waals surface area contributed by atoms with Crippen molar-refractivity contribution in [3.8, 4) is 0 Å². The van der Waals surface area contributed by atoms with Gasteiger partial charge in [-0.1, -0.05) is 12.1 Å². The van der Waals surface area contributed by atoms with Crippen LogP contribution in [0.1, 0.15) is 40.2 Å². The topological polar surface area (TPSA) is 79.2 Å². The number of primary amides is 1. The van der Waals surface area contributed by atoms with E-state index in [1.54, 1.807) is 0 Å². The summed E-state index contributed by atoms with van der Waals surface area (Å²) in [5.74, 6) is -1.52. The molecule has 1 aliphatic heterocycles. The van der Waals surface area contributed by atoms with Crippen molar-refractivity contribution >= 4 is 11.6 Å². The van der Waals surface area contributed by atoms with E-state index in [1.807, 2.05) is 13.8 Å². The number of rotatable bonds is 5. The molecule has 5 nitrogen and oxygen atoms in total. The number of fused-ring (bicyclic) bond motifs is 3. The molecule has 2 aromatic carbocycles. The lowest BCUT2D eigenvalue weighted by molar-refractivity contribution is -0.117. The number of hydrazine groups is 1. The summed E-state index contributed by atoms with van der Waals surface area (Å²) in [7, 11) is 0. The highest BCUT2D eigenvalue weighted by Crippen LogP contribution is 2.63. The quantitative estimate of drug-likeness (QED) is 0.650. The first-order chi connectivity index (χ1) is 12.8. The molecule has 0 spiro atoms. The van der Waals surface area contributed by atoms with Gasteiger partial charge in [0.05, 0.1) is 17.8 Å². The SMILES string of the molecule is Cc1cc(CNCC(N)=O)c2c(c1C)[C@H]1C[C@@]1(c1c(F)cccc1F)NN2. The summed E-state index contributed by atoms with van der Waals surface area (Å²) >= 11 is 0. The molecule has 4 rings (SSSR count). The van der Waals surface area contributed by atoms with Crippen molar-refractivity contribution in [3.63, 3.8) is 0 Å². The van der Waals surface area contributed by atoms with Crippen molar-refractivity contribution < 1.29 is 13.6 Å². The van der Waals surface area contributed by atoms with Crippen molar-refractivity contribution in [2.45, 2.75) is 38.3 Å². The summed E-state index contributed by atoms with van der Waals surface area (Å²) in [5, 5.41) is 3.02. The fourth-order valence-corrected chi connectivity index (χ4v) is 4.24. The second-order valence-electron chi connectivity index (χ2n) is 7.41. The summed E-state index contributed by atoms with van der Waals surface area (Å²) in [6.07, 6.45) is 0.614. The van der Waals surface area contributed by atoms with E-state index in [1.165, 1.54) is 18.2 Å². The standard InChI is InChI=1S/C20H22F2N4O/c1-10-6-12(8-24-9-16(23)27)19-17(11(10)2)13-7-20(13,26-25-19)18-14(21)4-3-5-15(18)22/h3-6,13,24-26H,7-9H2,1-2H3,(H2,23,27)/t13-,20-/m1/s1. The van der Waals surface area contributed by atoms with Crippen molar-refractivity contribution in [3.05, 3.63) is 63.7 Å². The molecule has 0 radical (unpaired) electrons. The van der Waals surface area contributed by atoms with Crippen molar-refractivity contribution in [2.24, 2.45) is 5.73 Å². The highest BCUT2D eigenvalue weighted by atomic mass is 19.1. The molecule has 2 atom stereocenters. The van der Waals surface area contributed by atoms with Crippen LogP contribution < -0.4 is 21.9 Å². The zero-order valence-electron chi connectivity index (χ0n) is 15.2. The lowest BCUT2D eigenvalue weighted by atomic mass is 9.89. The second-order valence-corrected chi connectivity index (χ2v) is 7.41. The van der Waals surface area contributed by atoms with Crippen LogP contribution >= 0.6 is 0 Å². The molecule has 1 heterocycles. The Labute approximate surface area is 156 Å². The van der Waals surface area contributed by atoms with Crippen LogP contribution in [-0.2, 0) is 16.9 Å². The molecular formula is C20H22F2N4O. The minimum absolute atomic E-state index is 0.0186. The average Bonchev–Trinajstić information content (AvgIpc) is 3.33. The van der Waals surface area contributed by atoms with Gasteiger partial charge in [0.15, 0.2) is 0 Å². The zero-order valence-corrected chi connectivity index (χ0v) is 15.2. The van der Waals surface area contributed by atoms with Gasteiger partial charge in [0.1, 0.15) is 11.6 Å². The Balaban J connectivity index is 1.73. The number of carbonyl (C=O) groups is 1. The molecule has 142 valence electrons. The van der Waals surface area contributed by atoms with Gasteiger partial charge in [0.2, 0.25) is 5.91 Å². The Hall–Kier alpha value is -2.51. The Morgan fingerprint density at radius 2 is 2.04 bits per heavy atom. The molecule has 1 saturated carbocycles. The maximum atomic E-state index is 14.4. The largest absolute Gasteiger partial charge is 0.369 e. The van der Waals surface area contributed by atoms with Crippen molar-refractivity contribution in [2.75, 3.05) is 12.0 Å². The Kier molecular flexibility index (Phi) is 4.16. The third kappa shape index (κ3) is 2.78. The number of hydrogen-bond donors (Lipinski definition) is 4. The van der Waals surface area contributed by atoms with E-state index in [2.05, 4.69) is 22.2 Å². The molecule has 0 saturated heterocycles. The highest BCUT2D eigenvalue weighted by Gasteiger charge is 2.61. The number of amides is 1. The minimum Gasteiger partial charge on any atom is -0.369 e. The average molecular weight is 372 g/mol. The molecule has 0 unspecified atom stereocenters. The van der Waals surface area contributed by atoms with Gasteiger partial charge in [-0.2, -0.15) is 0 Å². The summed E-state index contributed by atoms with van der Waals surface area (Å²) < 4.78 is 28.8. The lowest BCUT2D eigenvalue weighted by Gasteiger charge is -2.31. The minimum atomic E-state index is -0.779. The predicted molar refractivity (Wildman–Crippen MR) is 99.0 cm³/mol. The first kappa shape index (κ1) is 17.9. The smallest absolute Gasteiger partial charge is 0.231 e. The molecule has 2 aromatic rings. The van der Waals surface area contributed by atoms with E-state index in [9.17, 15) is 13.6 Å². The molecule has 2 aliphatic rings. The molecule has 1 amide bonds. The summed E-state index contributed by atoms with van der Waals surface area (Å²) in [4.78, 5) is 11.0. The van der Waals surface area contributed by atoms with E-state index in [0.717, 1.165) is 27.9 Å². The van der Waals surface area contributed by atoms with Crippen LogP contribution in [0.25, 0.3) is 0 Å². The number of nitrogens with two attached hydrogens (primary N) is 1. The van der Waals surface area contributed by atoms with Gasteiger partial charge in [-0.15, -0.1) is 0 Å². The van der Waals surface area contributed by atoms with Crippen molar-refractivity contribution in [1.29, 1.82) is 0 Å². The summed E-state index contributed by atoms with van der Waals surface area (Å²) in [6.45, 7) is 4.60. The lowest BCUT2D eigenvalue weighted by Crippen LogP contribution is -2.41. The molecule has 5 N–H and O–H groups in total. The molecule has 27 heavy (non-hydrogen) atoms. The Morgan fingerprint density at radius 1 is 1.33 bits per heavy atom. The van der Waals surface area contributed by atoms with E-state index in [-0.39, 0.29) is 18.0 Å². The van der Waals surface area contributed by atoms with E-state index < -0.39 is 23.1 Å². The molecule has 1 fully saturated rings. The Morgan fingerprint density at radius 3 is 2.70 bits per heavy atom. The van der Waals surface area contributed by atoms with Crippen LogP contribution in [0.2, 0.25) is 0 Å². The fourth-order valence-electron chi connectivity index (χ4n) is 4.24. The van der Waals surface area contributed by atoms with Crippen LogP contribution in [0.4, 0.5) is 14.5 Å². The van der Waals surface area contributed by atoms with Gasteiger partial charge < -0.3 is 16.5 Å². The zero-order chi connectivity index (χ0) is 19.3. The Bertz CT molecular complexity index is 926. The third-order valence-electron chi connectivity index (χ3n) is 5.72. The molecule has 1 aliphatic carbocycles. The number of benzene rings is 2. The highest BCUT2D eigenvalue weighted by molar-refractivity contribution is 5.76. The number of halogens is 2. The number of carbonyl (C=O) groups excluding carboxylic acids is 1. The van der Waals surface area contributed by atoms with Gasteiger partial charge >= 0.3 is 0 Å². The summed E-state index contributed by atoms with van der Waals surface area (Å²) in [6, 6.07) is 6.02. The maximum Gasteiger partial charge on any atom is 0.231 e. The van der Waals surface area contributed by atoms with E-state index in [4.69, 9.17) is 5.73 Å². The van der Waals surface area contributed by atoms with Gasteiger partial charge in [0, 0.05) is 18.0 Å². The van der Waals surface area contributed by atoms with Crippen LogP contribution in [0, 0.1) is 25.5 Å². The van der Waals surface area contributed by atoms with Crippen molar-refractivity contribution in [1.82, 2.24) is 10.7 Å². The van der Waals surface area contributed by atoms with Gasteiger partial charge in [-0.05, 0) is 54.7 Å². The van der Waals surface area contributed by atoms with E-state index in [0.29, 0.717) is 13.0 Å². The molecule has 0 bridgehead atoms. The van der Waals surface area contributed by atoms with E-state index >= 15 is 0 Å². The maximum absolute atomic E-state index is 14.4. The normalized spacial score (nSPS) is 22.6. The van der Waals surface area contributed by atoms with Crippen LogP contribution in [-0.4, -0.2) is 12.5 Å².